The lowest BCUT2D eigenvalue weighted by Gasteiger charge is -2.30. The first kappa shape index (κ1) is 21.9. The Morgan fingerprint density at radius 3 is 2.58 bits per heavy atom. The fourth-order valence-electron chi connectivity index (χ4n) is 3.94. The number of piperidine rings is 1. The van der Waals surface area contributed by atoms with Gasteiger partial charge in [0.15, 0.2) is 16.6 Å². The van der Waals surface area contributed by atoms with Crippen molar-refractivity contribution in [3.63, 3.8) is 0 Å². The minimum Gasteiger partial charge on any atom is -0.454 e. The lowest BCUT2D eigenvalue weighted by atomic mass is 9.97. The molecule has 2 aliphatic heterocycles. The lowest BCUT2D eigenvalue weighted by Crippen LogP contribution is -2.41. The van der Waals surface area contributed by atoms with Crippen LogP contribution < -0.4 is 14.8 Å². The number of thiazole rings is 1. The summed E-state index contributed by atoms with van der Waals surface area (Å²) < 4.78 is 38.0. The Bertz CT molecular complexity index is 1280. The van der Waals surface area contributed by atoms with E-state index in [4.69, 9.17) is 9.47 Å². The number of nitrogens with one attached hydrogen (secondary N) is 1. The van der Waals surface area contributed by atoms with Gasteiger partial charge in [0, 0.05) is 30.0 Å². The molecular weight excluding hydrogens is 462 g/mol. The summed E-state index contributed by atoms with van der Waals surface area (Å²) in [6.07, 6.45) is 0.939. The Kier molecular flexibility index (Phi) is 5.81. The zero-order valence-electron chi connectivity index (χ0n) is 18.0. The first-order valence-electron chi connectivity index (χ1n) is 10.6. The van der Waals surface area contributed by atoms with E-state index >= 15 is 0 Å². The van der Waals surface area contributed by atoms with Crippen LogP contribution in [0, 0.1) is 12.8 Å². The van der Waals surface area contributed by atoms with Crippen LogP contribution >= 0.6 is 11.3 Å². The zero-order chi connectivity index (χ0) is 23.0. The first-order valence-corrected chi connectivity index (χ1v) is 13.0. The third kappa shape index (κ3) is 4.46. The van der Waals surface area contributed by atoms with Crippen molar-refractivity contribution in [3.8, 4) is 22.8 Å². The van der Waals surface area contributed by atoms with Gasteiger partial charge in [-0.1, -0.05) is 17.7 Å². The molecule has 33 heavy (non-hydrogen) atoms. The van der Waals surface area contributed by atoms with E-state index in [9.17, 15) is 13.2 Å². The van der Waals surface area contributed by atoms with Crippen molar-refractivity contribution in [2.75, 3.05) is 25.2 Å². The molecule has 0 bridgehead atoms. The van der Waals surface area contributed by atoms with Crippen molar-refractivity contribution in [1.82, 2.24) is 9.29 Å². The summed E-state index contributed by atoms with van der Waals surface area (Å²) in [5.41, 5.74) is 2.63. The van der Waals surface area contributed by atoms with E-state index < -0.39 is 10.0 Å². The van der Waals surface area contributed by atoms with Crippen LogP contribution in [-0.4, -0.2) is 43.5 Å². The van der Waals surface area contributed by atoms with Crippen LogP contribution in [0.3, 0.4) is 0 Å². The average molecular weight is 486 g/mol. The molecular formula is C23H23N3O5S2. The SMILES string of the molecule is Cc1ccc(S(=O)(=O)N2CCC(C(=O)Nc3nc(-c4ccc5c(c4)OCO5)cs3)CC2)cc1. The quantitative estimate of drug-likeness (QED) is 0.589. The molecule has 1 saturated heterocycles. The fourth-order valence-corrected chi connectivity index (χ4v) is 6.14. The number of fused-ring (bicyclic) bond motifs is 1. The second-order valence-corrected chi connectivity index (χ2v) is 10.9. The lowest BCUT2D eigenvalue weighted by molar-refractivity contribution is -0.120. The van der Waals surface area contributed by atoms with E-state index in [1.165, 1.54) is 15.6 Å². The van der Waals surface area contributed by atoms with Crippen LogP contribution in [-0.2, 0) is 14.8 Å². The van der Waals surface area contributed by atoms with Gasteiger partial charge in [0.2, 0.25) is 22.7 Å². The van der Waals surface area contributed by atoms with E-state index in [1.54, 1.807) is 24.3 Å². The number of hydrogen-bond donors (Lipinski definition) is 1. The molecule has 0 saturated carbocycles. The molecule has 1 aromatic heterocycles. The third-order valence-corrected chi connectivity index (χ3v) is 8.56. The topological polar surface area (TPSA) is 97.8 Å². The molecule has 2 aliphatic rings. The average Bonchev–Trinajstić information content (AvgIpc) is 3.48. The number of ether oxygens (including phenoxy) is 2. The highest BCUT2D eigenvalue weighted by molar-refractivity contribution is 7.89. The van der Waals surface area contributed by atoms with Gasteiger partial charge in [0.25, 0.3) is 0 Å². The van der Waals surface area contributed by atoms with Gasteiger partial charge in [-0.15, -0.1) is 11.3 Å². The predicted octanol–water partition coefficient (Wildman–Crippen LogP) is 3.89. The van der Waals surface area contributed by atoms with Crippen LogP contribution in [0.2, 0.25) is 0 Å². The summed E-state index contributed by atoms with van der Waals surface area (Å²) >= 11 is 1.35. The number of carbonyl (C=O) groups excluding carboxylic acids is 1. The number of sulfonamides is 1. The number of rotatable bonds is 5. The maximum atomic E-state index is 12.9. The van der Waals surface area contributed by atoms with E-state index in [0.717, 1.165) is 16.8 Å². The standard InChI is InChI=1S/C23H23N3O5S2/c1-15-2-5-18(6-3-15)33(28,29)26-10-8-16(9-11-26)22(27)25-23-24-19(13-32-23)17-4-7-20-21(12-17)31-14-30-20/h2-7,12-13,16H,8-11,14H2,1H3,(H,24,25,27). The van der Waals surface area contributed by atoms with Gasteiger partial charge in [0.05, 0.1) is 10.6 Å². The van der Waals surface area contributed by atoms with E-state index in [0.29, 0.717) is 42.6 Å². The summed E-state index contributed by atoms with van der Waals surface area (Å²) in [4.78, 5) is 17.6. The fraction of sp³-hybridized carbons (Fsp3) is 0.304. The number of anilines is 1. The first-order chi connectivity index (χ1) is 15.9. The van der Waals surface area contributed by atoms with Crippen LogP contribution in [0.15, 0.2) is 52.7 Å². The molecule has 172 valence electrons. The summed E-state index contributed by atoms with van der Waals surface area (Å²) in [5, 5.41) is 5.29. The normalized spacial score (nSPS) is 16.6. The number of benzene rings is 2. The smallest absolute Gasteiger partial charge is 0.243 e. The van der Waals surface area contributed by atoms with Crippen LogP contribution in [0.1, 0.15) is 18.4 Å². The van der Waals surface area contributed by atoms with Crippen molar-refractivity contribution in [3.05, 3.63) is 53.4 Å². The summed E-state index contributed by atoms with van der Waals surface area (Å²) in [7, 11) is -3.55. The van der Waals surface area contributed by atoms with Crippen molar-refractivity contribution >= 4 is 32.4 Å². The van der Waals surface area contributed by atoms with Gasteiger partial charge >= 0.3 is 0 Å². The van der Waals surface area contributed by atoms with Gasteiger partial charge in [0.1, 0.15) is 0 Å². The largest absolute Gasteiger partial charge is 0.454 e. The second-order valence-electron chi connectivity index (χ2n) is 8.09. The summed E-state index contributed by atoms with van der Waals surface area (Å²) in [5.74, 6) is 0.998. The highest BCUT2D eigenvalue weighted by Gasteiger charge is 2.32. The molecule has 5 rings (SSSR count). The van der Waals surface area contributed by atoms with Crippen molar-refractivity contribution in [1.29, 1.82) is 0 Å². The number of aryl methyl sites for hydroxylation is 1. The predicted molar refractivity (Wildman–Crippen MR) is 125 cm³/mol. The molecule has 0 atom stereocenters. The Labute approximate surface area is 196 Å². The highest BCUT2D eigenvalue weighted by atomic mass is 32.2. The van der Waals surface area contributed by atoms with E-state index in [-0.39, 0.29) is 23.5 Å². The molecule has 1 amide bonds. The Morgan fingerprint density at radius 1 is 1.09 bits per heavy atom. The molecule has 2 aromatic carbocycles. The summed E-state index contributed by atoms with van der Waals surface area (Å²) in [6, 6.07) is 12.4. The van der Waals surface area contributed by atoms with Gasteiger partial charge in [-0.2, -0.15) is 4.31 Å². The molecule has 0 unspecified atom stereocenters. The Morgan fingerprint density at radius 2 is 1.82 bits per heavy atom. The number of nitrogens with zero attached hydrogens (tertiary/aromatic N) is 2. The van der Waals surface area contributed by atoms with Crippen LogP contribution in [0.25, 0.3) is 11.3 Å². The molecule has 3 heterocycles. The Balaban J connectivity index is 1.19. The van der Waals surface area contributed by atoms with Gasteiger partial charge in [-0.25, -0.2) is 13.4 Å². The van der Waals surface area contributed by atoms with Crippen molar-refractivity contribution < 1.29 is 22.7 Å². The van der Waals surface area contributed by atoms with E-state index in [2.05, 4.69) is 10.3 Å². The van der Waals surface area contributed by atoms with Crippen LogP contribution in [0.5, 0.6) is 11.5 Å². The molecule has 0 radical (unpaired) electrons. The van der Waals surface area contributed by atoms with E-state index in [1.807, 2.05) is 30.5 Å². The Hall–Kier alpha value is -2.95. The van der Waals surface area contributed by atoms with Crippen molar-refractivity contribution in [2.45, 2.75) is 24.7 Å². The summed E-state index contributed by atoms with van der Waals surface area (Å²) in [6.45, 7) is 2.76. The van der Waals surface area contributed by atoms with Gasteiger partial charge in [-0.05, 0) is 50.1 Å². The molecule has 10 heteroatoms. The van der Waals surface area contributed by atoms with Gasteiger partial charge in [-0.3, -0.25) is 4.79 Å². The van der Waals surface area contributed by atoms with Gasteiger partial charge < -0.3 is 14.8 Å². The molecule has 1 fully saturated rings. The minimum atomic E-state index is -3.55. The minimum absolute atomic E-state index is 0.131. The molecule has 8 nitrogen and oxygen atoms in total. The number of amides is 1. The van der Waals surface area contributed by atoms with Crippen LogP contribution in [0.4, 0.5) is 5.13 Å². The molecule has 3 aromatic rings. The van der Waals surface area contributed by atoms with Crippen molar-refractivity contribution in [2.24, 2.45) is 5.92 Å². The number of hydrogen-bond acceptors (Lipinski definition) is 7. The maximum absolute atomic E-state index is 12.9. The number of carbonyl (C=O) groups is 1. The molecule has 1 N–H and O–H groups in total. The zero-order valence-corrected chi connectivity index (χ0v) is 19.6. The number of aromatic nitrogens is 1. The monoisotopic (exact) mass is 485 g/mol. The maximum Gasteiger partial charge on any atom is 0.243 e. The molecule has 0 spiro atoms. The second kappa shape index (κ2) is 8.77. The molecule has 0 aliphatic carbocycles. The third-order valence-electron chi connectivity index (χ3n) is 5.89. The highest BCUT2D eigenvalue weighted by Crippen LogP contribution is 2.36.